The van der Waals surface area contributed by atoms with Crippen LogP contribution in [0.15, 0.2) is 33.3 Å². The van der Waals surface area contributed by atoms with E-state index in [1.807, 2.05) is 0 Å². The summed E-state index contributed by atoms with van der Waals surface area (Å²) in [4.78, 5) is 39.7. The Morgan fingerprint density at radius 2 is 1.81 bits per heavy atom. The minimum Gasteiger partial charge on any atom is -0.466 e. The van der Waals surface area contributed by atoms with Crippen LogP contribution >= 0.6 is 0 Å². The van der Waals surface area contributed by atoms with Crippen molar-refractivity contribution >= 4 is 17.8 Å². The number of carbonyl (C=O) groups is 3. The fourth-order valence-corrected chi connectivity index (χ4v) is 2.84. The highest BCUT2D eigenvalue weighted by molar-refractivity contribution is 5.93. The van der Waals surface area contributed by atoms with Crippen LogP contribution in [0.2, 0.25) is 0 Å². The number of piperazine rings is 1. The van der Waals surface area contributed by atoms with Crippen molar-refractivity contribution in [2.45, 2.75) is 13.8 Å². The molecule has 1 saturated heterocycles. The summed E-state index contributed by atoms with van der Waals surface area (Å²) < 4.78 is 15.5. The van der Waals surface area contributed by atoms with Gasteiger partial charge in [-0.15, -0.1) is 0 Å². The predicted octanol–water partition coefficient (Wildman–Crippen LogP) is 1.63. The molecule has 8 nitrogen and oxygen atoms in total. The number of amides is 2. The van der Waals surface area contributed by atoms with E-state index in [9.17, 15) is 14.4 Å². The van der Waals surface area contributed by atoms with Gasteiger partial charge in [0.25, 0.3) is 11.8 Å². The highest BCUT2D eigenvalue weighted by Crippen LogP contribution is 2.15. The molecule has 0 radical (unpaired) electrons. The monoisotopic (exact) mass is 360 g/mol. The van der Waals surface area contributed by atoms with Crippen molar-refractivity contribution in [3.63, 3.8) is 0 Å². The van der Waals surface area contributed by atoms with Crippen LogP contribution < -0.4 is 0 Å². The number of rotatable bonds is 4. The zero-order chi connectivity index (χ0) is 18.7. The number of aryl methyl sites for hydroxylation is 2. The van der Waals surface area contributed by atoms with Gasteiger partial charge in [0.05, 0.1) is 6.26 Å². The van der Waals surface area contributed by atoms with Gasteiger partial charge in [0.2, 0.25) is 0 Å². The second-order valence-corrected chi connectivity index (χ2v) is 6.05. The van der Waals surface area contributed by atoms with Crippen molar-refractivity contribution in [3.8, 4) is 0 Å². The number of nitrogens with zero attached hydrogens (tertiary/aromatic N) is 2. The number of hydrogen-bond acceptors (Lipinski definition) is 6. The first-order valence-corrected chi connectivity index (χ1v) is 8.30. The topological polar surface area (TPSA) is 93.2 Å². The fraction of sp³-hybridized carbons (Fsp3) is 0.389. The van der Waals surface area contributed by atoms with Crippen LogP contribution in [0.1, 0.15) is 32.4 Å². The van der Waals surface area contributed by atoms with Crippen molar-refractivity contribution in [1.82, 2.24) is 9.80 Å². The maximum absolute atomic E-state index is 12.2. The Balaban J connectivity index is 1.47. The maximum atomic E-state index is 12.2. The van der Waals surface area contributed by atoms with Crippen LogP contribution in [-0.2, 0) is 9.53 Å². The van der Waals surface area contributed by atoms with Crippen LogP contribution in [0.4, 0.5) is 0 Å². The number of carbonyl (C=O) groups excluding carboxylic acids is 3. The molecule has 1 aliphatic rings. The zero-order valence-corrected chi connectivity index (χ0v) is 14.7. The highest BCUT2D eigenvalue weighted by atomic mass is 16.5. The van der Waals surface area contributed by atoms with Gasteiger partial charge in [-0.3, -0.25) is 9.59 Å². The lowest BCUT2D eigenvalue weighted by atomic mass is 10.2. The summed E-state index contributed by atoms with van der Waals surface area (Å²) in [6.07, 6.45) is 1.45. The molecule has 2 aromatic rings. The minimum atomic E-state index is -0.584. The summed E-state index contributed by atoms with van der Waals surface area (Å²) in [7, 11) is 0. The predicted molar refractivity (Wildman–Crippen MR) is 89.7 cm³/mol. The lowest BCUT2D eigenvalue weighted by Gasteiger charge is -2.34. The second kappa shape index (κ2) is 7.47. The Kier molecular flexibility index (Phi) is 5.11. The lowest BCUT2D eigenvalue weighted by Crippen LogP contribution is -2.51. The van der Waals surface area contributed by atoms with Gasteiger partial charge in [-0.05, 0) is 32.0 Å². The molecule has 2 amide bonds. The standard InChI is InChI=1S/C18H20N2O6/c1-12-10-14(13(2)26-12)18(23)25-11-16(21)19-5-7-20(8-6-19)17(22)15-4-3-9-24-15/h3-4,9-10H,5-8,11H2,1-2H3. The molecule has 0 aromatic carbocycles. The highest BCUT2D eigenvalue weighted by Gasteiger charge is 2.26. The first-order chi connectivity index (χ1) is 12.5. The van der Waals surface area contributed by atoms with Crippen LogP contribution in [-0.4, -0.2) is 60.4 Å². The van der Waals surface area contributed by atoms with Crippen molar-refractivity contribution in [3.05, 3.63) is 47.3 Å². The number of ether oxygens (including phenoxy) is 1. The number of furan rings is 2. The molecular weight excluding hydrogens is 340 g/mol. The summed E-state index contributed by atoms with van der Waals surface area (Å²) in [5, 5.41) is 0. The second-order valence-electron chi connectivity index (χ2n) is 6.05. The largest absolute Gasteiger partial charge is 0.466 e. The van der Waals surface area contributed by atoms with Crippen molar-refractivity contribution in [2.75, 3.05) is 32.8 Å². The van der Waals surface area contributed by atoms with Gasteiger partial charge in [0, 0.05) is 26.2 Å². The van der Waals surface area contributed by atoms with E-state index in [0.717, 1.165) is 0 Å². The number of hydrogen-bond donors (Lipinski definition) is 0. The fourth-order valence-electron chi connectivity index (χ4n) is 2.84. The van der Waals surface area contributed by atoms with Gasteiger partial charge in [-0.25, -0.2) is 4.79 Å². The smallest absolute Gasteiger partial charge is 0.342 e. The van der Waals surface area contributed by atoms with Crippen LogP contribution in [0.3, 0.4) is 0 Å². The molecule has 0 unspecified atom stereocenters. The first kappa shape index (κ1) is 17.8. The van der Waals surface area contributed by atoms with E-state index in [0.29, 0.717) is 43.3 Å². The SMILES string of the molecule is Cc1cc(C(=O)OCC(=O)N2CCN(C(=O)c3ccco3)CC2)c(C)o1. The molecule has 138 valence electrons. The van der Waals surface area contributed by atoms with E-state index >= 15 is 0 Å². The lowest BCUT2D eigenvalue weighted by molar-refractivity contribution is -0.136. The normalized spacial score (nSPS) is 14.4. The summed E-state index contributed by atoms with van der Waals surface area (Å²) in [5.41, 5.74) is 0.323. The molecule has 3 heterocycles. The Hall–Kier alpha value is -3.03. The molecule has 0 N–H and O–H groups in total. The van der Waals surface area contributed by atoms with E-state index in [4.69, 9.17) is 13.6 Å². The Bertz CT molecular complexity index is 800. The van der Waals surface area contributed by atoms with E-state index in [2.05, 4.69) is 0 Å². The van der Waals surface area contributed by atoms with Gasteiger partial charge in [-0.2, -0.15) is 0 Å². The molecule has 26 heavy (non-hydrogen) atoms. The average molecular weight is 360 g/mol. The summed E-state index contributed by atoms with van der Waals surface area (Å²) in [5.74, 6) is 0.285. The summed E-state index contributed by atoms with van der Waals surface area (Å²) >= 11 is 0. The van der Waals surface area contributed by atoms with E-state index in [1.54, 1.807) is 41.8 Å². The molecule has 8 heteroatoms. The average Bonchev–Trinajstić information content (AvgIpc) is 3.28. The molecule has 0 atom stereocenters. The Morgan fingerprint density at radius 3 is 2.38 bits per heavy atom. The van der Waals surface area contributed by atoms with Crippen LogP contribution in [0, 0.1) is 13.8 Å². The van der Waals surface area contributed by atoms with Crippen molar-refractivity contribution in [1.29, 1.82) is 0 Å². The summed E-state index contributed by atoms with van der Waals surface area (Å²) in [6, 6.07) is 4.85. The quantitative estimate of drug-likeness (QED) is 0.770. The third-order valence-electron chi connectivity index (χ3n) is 4.24. The maximum Gasteiger partial charge on any atom is 0.342 e. The molecular formula is C18H20N2O6. The van der Waals surface area contributed by atoms with E-state index in [-0.39, 0.29) is 24.2 Å². The van der Waals surface area contributed by atoms with Crippen molar-refractivity contribution < 1.29 is 28.0 Å². The molecule has 1 fully saturated rings. The molecule has 3 rings (SSSR count). The van der Waals surface area contributed by atoms with Crippen molar-refractivity contribution in [2.24, 2.45) is 0 Å². The molecule has 2 aromatic heterocycles. The third-order valence-corrected chi connectivity index (χ3v) is 4.24. The first-order valence-electron chi connectivity index (χ1n) is 8.30. The molecule has 1 aliphatic heterocycles. The molecule has 0 aliphatic carbocycles. The summed E-state index contributed by atoms with van der Waals surface area (Å²) in [6.45, 7) is 4.63. The molecule has 0 saturated carbocycles. The van der Waals surface area contributed by atoms with Crippen LogP contribution in [0.5, 0.6) is 0 Å². The van der Waals surface area contributed by atoms with Crippen LogP contribution in [0.25, 0.3) is 0 Å². The van der Waals surface area contributed by atoms with Gasteiger partial charge >= 0.3 is 5.97 Å². The van der Waals surface area contributed by atoms with Gasteiger partial charge < -0.3 is 23.4 Å². The van der Waals surface area contributed by atoms with Gasteiger partial charge in [-0.1, -0.05) is 0 Å². The van der Waals surface area contributed by atoms with E-state index < -0.39 is 5.97 Å². The Labute approximate surface area is 150 Å². The molecule has 0 spiro atoms. The van der Waals surface area contributed by atoms with Gasteiger partial charge in [0.1, 0.15) is 17.1 Å². The number of esters is 1. The zero-order valence-electron chi connectivity index (χ0n) is 14.7. The van der Waals surface area contributed by atoms with E-state index in [1.165, 1.54) is 6.26 Å². The minimum absolute atomic E-state index is 0.195. The third kappa shape index (κ3) is 3.79. The Morgan fingerprint density at radius 1 is 1.12 bits per heavy atom. The van der Waals surface area contributed by atoms with Gasteiger partial charge in [0.15, 0.2) is 12.4 Å². The molecule has 0 bridgehead atoms.